The molecule has 0 radical (unpaired) electrons. The highest BCUT2D eigenvalue weighted by Gasteiger charge is 2.07. The largest absolute Gasteiger partial charge is 0.497 e. The van der Waals surface area contributed by atoms with E-state index in [1.54, 1.807) is 7.11 Å². The second-order valence-corrected chi connectivity index (χ2v) is 5.03. The molecule has 96 valence electrons. The Labute approximate surface area is 120 Å². The van der Waals surface area contributed by atoms with Gasteiger partial charge in [-0.25, -0.2) is 0 Å². The first-order chi connectivity index (χ1) is 8.76. The minimum absolute atomic E-state index is 0.657. The lowest BCUT2D eigenvalue weighted by atomic mass is 10.1. The van der Waals surface area contributed by atoms with Crippen LogP contribution in [-0.4, -0.2) is 19.0 Å². The normalized spacial score (nSPS) is 10.6. The second-order valence-electron chi connectivity index (χ2n) is 3.86. The number of benzene rings is 2. The topological polar surface area (TPSA) is 18.5 Å². The van der Waals surface area contributed by atoms with E-state index in [9.17, 15) is 0 Å². The van der Waals surface area contributed by atoms with Gasteiger partial charge in [-0.15, -0.1) is 0 Å². The predicted molar refractivity (Wildman–Crippen MR) is 79.4 cm³/mol. The Hall–Kier alpha value is -0.930. The molecule has 0 fully saturated rings. The lowest BCUT2D eigenvalue weighted by Crippen LogP contribution is -1.98. The third-order valence-electron chi connectivity index (χ3n) is 2.66. The summed E-state index contributed by atoms with van der Waals surface area (Å²) < 4.78 is 10.8. The van der Waals surface area contributed by atoms with Crippen LogP contribution in [0, 0.1) is 0 Å². The molecule has 0 saturated carbocycles. The fourth-order valence-corrected chi connectivity index (χ4v) is 2.24. The highest BCUT2D eigenvalue weighted by atomic mass is 79.9. The Morgan fingerprint density at radius 1 is 1.22 bits per heavy atom. The molecular weight excluding hydrogens is 316 g/mol. The Balaban J connectivity index is 2.32. The highest BCUT2D eigenvalue weighted by Crippen LogP contribution is 2.34. The molecule has 2 nitrogen and oxygen atoms in total. The number of hydrogen-bond acceptors (Lipinski definition) is 2. The zero-order chi connectivity index (χ0) is 13.0. The maximum Gasteiger partial charge on any atom is 0.138 e. The summed E-state index contributed by atoms with van der Waals surface area (Å²) in [7, 11) is 1.65. The smallest absolute Gasteiger partial charge is 0.138 e. The van der Waals surface area contributed by atoms with Crippen molar-refractivity contribution in [2.75, 3.05) is 19.0 Å². The molecule has 0 aliphatic heterocycles. The van der Waals surface area contributed by atoms with Crippen LogP contribution in [-0.2, 0) is 0 Å². The minimum atomic E-state index is 0.657. The van der Waals surface area contributed by atoms with Gasteiger partial charge in [0.1, 0.15) is 11.5 Å². The van der Waals surface area contributed by atoms with Gasteiger partial charge < -0.3 is 9.47 Å². The SMILES string of the molecule is COc1ccc2c(Cl)c(OCCCBr)ccc2c1. The molecule has 2 aromatic carbocycles. The molecule has 2 rings (SSSR count). The van der Waals surface area contributed by atoms with Gasteiger partial charge in [-0.3, -0.25) is 0 Å². The van der Waals surface area contributed by atoms with Crippen LogP contribution in [0.2, 0.25) is 5.02 Å². The zero-order valence-corrected chi connectivity index (χ0v) is 12.4. The van der Waals surface area contributed by atoms with Crippen molar-refractivity contribution < 1.29 is 9.47 Å². The molecule has 0 saturated heterocycles. The predicted octanol–water partition coefficient (Wildman–Crippen LogP) is 4.67. The van der Waals surface area contributed by atoms with E-state index in [0.717, 1.165) is 34.0 Å². The summed E-state index contributed by atoms with van der Waals surface area (Å²) in [6.07, 6.45) is 0.955. The average Bonchev–Trinajstić information content (AvgIpc) is 2.41. The van der Waals surface area contributed by atoms with Crippen molar-refractivity contribution in [1.82, 2.24) is 0 Å². The zero-order valence-electron chi connectivity index (χ0n) is 10.1. The monoisotopic (exact) mass is 328 g/mol. The molecule has 4 heteroatoms. The second kappa shape index (κ2) is 6.30. The fraction of sp³-hybridized carbons (Fsp3) is 0.286. The van der Waals surface area contributed by atoms with Gasteiger partial charge in [0.15, 0.2) is 0 Å². The third kappa shape index (κ3) is 2.90. The maximum absolute atomic E-state index is 6.34. The molecule has 0 heterocycles. The van der Waals surface area contributed by atoms with Crippen LogP contribution in [0.5, 0.6) is 11.5 Å². The number of alkyl halides is 1. The molecule has 0 aromatic heterocycles. The molecule has 18 heavy (non-hydrogen) atoms. The molecule has 0 unspecified atom stereocenters. The number of halogens is 2. The van der Waals surface area contributed by atoms with Crippen molar-refractivity contribution >= 4 is 38.3 Å². The van der Waals surface area contributed by atoms with Crippen molar-refractivity contribution in [3.05, 3.63) is 35.4 Å². The van der Waals surface area contributed by atoms with E-state index < -0.39 is 0 Å². The quantitative estimate of drug-likeness (QED) is 0.586. The first-order valence-electron chi connectivity index (χ1n) is 5.71. The van der Waals surface area contributed by atoms with Crippen molar-refractivity contribution in [3.8, 4) is 11.5 Å². The molecule has 0 amide bonds. The molecule has 0 N–H and O–H groups in total. The van der Waals surface area contributed by atoms with Gasteiger partial charge in [-0.2, -0.15) is 0 Å². The van der Waals surface area contributed by atoms with E-state index in [4.69, 9.17) is 21.1 Å². The van der Waals surface area contributed by atoms with Crippen molar-refractivity contribution in [3.63, 3.8) is 0 Å². The lowest BCUT2D eigenvalue weighted by Gasteiger charge is -2.10. The summed E-state index contributed by atoms with van der Waals surface area (Å²) in [4.78, 5) is 0. The number of hydrogen-bond donors (Lipinski definition) is 0. The molecule has 0 aliphatic rings. The van der Waals surface area contributed by atoms with Gasteiger partial charge in [-0.05, 0) is 36.1 Å². The number of fused-ring (bicyclic) bond motifs is 1. The molecule has 0 atom stereocenters. The first-order valence-corrected chi connectivity index (χ1v) is 7.21. The summed E-state index contributed by atoms with van der Waals surface area (Å²) >= 11 is 9.71. The van der Waals surface area contributed by atoms with Crippen LogP contribution in [0.1, 0.15) is 6.42 Å². The number of rotatable bonds is 5. The summed E-state index contributed by atoms with van der Waals surface area (Å²) in [5.74, 6) is 1.56. The third-order valence-corrected chi connectivity index (χ3v) is 3.61. The van der Waals surface area contributed by atoms with Crippen LogP contribution in [0.4, 0.5) is 0 Å². The standard InChI is InChI=1S/C14H14BrClO2/c1-17-11-4-5-12-10(9-11)3-6-13(14(12)16)18-8-2-7-15/h3-6,9H,2,7-8H2,1H3. The van der Waals surface area contributed by atoms with Crippen LogP contribution >= 0.6 is 27.5 Å². The van der Waals surface area contributed by atoms with Crippen molar-refractivity contribution in [2.45, 2.75) is 6.42 Å². The number of ether oxygens (including phenoxy) is 2. The highest BCUT2D eigenvalue weighted by molar-refractivity contribution is 9.09. The van der Waals surface area contributed by atoms with Gasteiger partial charge in [-0.1, -0.05) is 33.6 Å². The Kier molecular flexibility index (Phi) is 4.72. The van der Waals surface area contributed by atoms with Gasteiger partial charge in [0.2, 0.25) is 0 Å². The molecule has 2 aromatic rings. The summed E-state index contributed by atoms with van der Waals surface area (Å²) in [6.45, 7) is 0.659. The van der Waals surface area contributed by atoms with E-state index in [1.165, 1.54) is 0 Å². The van der Waals surface area contributed by atoms with E-state index >= 15 is 0 Å². The Morgan fingerprint density at radius 3 is 2.78 bits per heavy atom. The summed E-state index contributed by atoms with van der Waals surface area (Å²) in [6, 6.07) is 9.71. The van der Waals surface area contributed by atoms with E-state index in [1.807, 2.05) is 30.3 Å². The van der Waals surface area contributed by atoms with Gasteiger partial charge in [0.05, 0.1) is 18.7 Å². The Morgan fingerprint density at radius 2 is 2.06 bits per heavy atom. The lowest BCUT2D eigenvalue weighted by molar-refractivity contribution is 0.319. The molecular formula is C14H14BrClO2. The van der Waals surface area contributed by atoms with E-state index in [-0.39, 0.29) is 0 Å². The molecule has 0 aliphatic carbocycles. The summed E-state index contributed by atoms with van der Waals surface area (Å²) in [5.41, 5.74) is 0. The van der Waals surface area contributed by atoms with Gasteiger partial charge in [0, 0.05) is 10.7 Å². The first kappa shape index (κ1) is 13.5. The Bertz CT molecular complexity index is 543. The van der Waals surface area contributed by atoms with Crippen LogP contribution in [0.3, 0.4) is 0 Å². The minimum Gasteiger partial charge on any atom is -0.497 e. The van der Waals surface area contributed by atoms with Crippen LogP contribution < -0.4 is 9.47 Å². The molecule has 0 bridgehead atoms. The summed E-state index contributed by atoms with van der Waals surface area (Å²) in [5, 5.41) is 3.61. The van der Waals surface area contributed by atoms with Crippen molar-refractivity contribution in [1.29, 1.82) is 0 Å². The van der Waals surface area contributed by atoms with Gasteiger partial charge >= 0.3 is 0 Å². The average molecular weight is 330 g/mol. The molecule has 0 spiro atoms. The van der Waals surface area contributed by atoms with Crippen LogP contribution in [0.15, 0.2) is 30.3 Å². The van der Waals surface area contributed by atoms with E-state index in [0.29, 0.717) is 11.6 Å². The van der Waals surface area contributed by atoms with Crippen LogP contribution in [0.25, 0.3) is 10.8 Å². The van der Waals surface area contributed by atoms with Gasteiger partial charge in [0.25, 0.3) is 0 Å². The van der Waals surface area contributed by atoms with Crippen molar-refractivity contribution in [2.24, 2.45) is 0 Å². The van der Waals surface area contributed by atoms with E-state index in [2.05, 4.69) is 15.9 Å². The number of methoxy groups -OCH3 is 1. The maximum atomic E-state index is 6.34. The fourth-order valence-electron chi connectivity index (χ4n) is 1.73.